The van der Waals surface area contributed by atoms with Crippen molar-refractivity contribution >= 4 is 17.4 Å². The lowest BCUT2D eigenvalue weighted by molar-refractivity contribution is -0.385. The third kappa shape index (κ3) is 3.42. The second-order valence-electron chi connectivity index (χ2n) is 5.33. The third-order valence-electron chi connectivity index (χ3n) is 3.67. The Morgan fingerprint density at radius 1 is 1.12 bits per heavy atom. The second-order valence-corrected chi connectivity index (χ2v) is 5.33. The molecule has 0 aliphatic carbocycles. The average Bonchev–Trinajstić information content (AvgIpc) is 3.07. The van der Waals surface area contributed by atoms with Crippen LogP contribution in [0.3, 0.4) is 0 Å². The number of hydrogen-bond acceptors (Lipinski definition) is 7. The predicted molar refractivity (Wildman–Crippen MR) is 85.0 cm³/mol. The van der Waals surface area contributed by atoms with Crippen LogP contribution in [0, 0.1) is 17.0 Å². The number of nitro groups is 1. The molecule has 0 atom stereocenters. The van der Waals surface area contributed by atoms with Crippen molar-refractivity contribution in [3.8, 4) is 11.5 Å². The van der Waals surface area contributed by atoms with Crippen LogP contribution in [0.15, 0.2) is 36.4 Å². The Morgan fingerprint density at radius 3 is 2.60 bits per heavy atom. The van der Waals surface area contributed by atoms with Crippen LogP contribution in [0.5, 0.6) is 11.5 Å². The maximum atomic E-state index is 12.1. The van der Waals surface area contributed by atoms with E-state index in [0.29, 0.717) is 17.1 Å². The van der Waals surface area contributed by atoms with Gasteiger partial charge >= 0.3 is 5.97 Å². The Labute approximate surface area is 142 Å². The Morgan fingerprint density at radius 2 is 1.84 bits per heavy atom. The monoisotopic (exact) mass is 343 g/mol. The first kappa shape index (κ1) is 16.4. The van der Waals surface area contributed by atoms with Gasteiger partial charge in [-0.25, -0.2) is 4.79 Å². The fraction of sp³-hybridized carbons (Fsp3) is 0.176. The largest absolute Gasteiger partial charge is 0.454 e. The molecule has 1 aliphatic heterocycles. The molecule has 2 aromatic rings. The standard InChI is InChI=1S/C17H13NO7/c1-10-2-3-11(6-13(10)18(21)22)14(19)8-23-17(20)12-4-5-15-16(7-12)25-9-24-15/h2-7H,8-9H2,1H3. The normalized spacial score (nSPS) is 11.9. The number of carbonyl (C=O) groups excluding carboxylic acids is 2. The molecule has 8 heteroatoms. The van der Waals surface area contributed by atoms with Crippen LogP contribution >= 0.6 is 0 Å². The zero-order valence-electron chi connectivity index (χ0n) is 13.2. The lowest BCUT2D eigenvalue weighted by Gasteiger charge is -2.06. The van der Waals surface area contributed by atoms with Crippen LogP contribution in [-0.4, -0.2) is 30.1 Å². The smallest absolute Gasteiger partial charge is 0.338 e. The number of esters is 1. The van der Waals surface area contributed by atoms with E-state index in [1.807, 2.05) is 0 Å². The van der Waals surface area contributed by atoms with Gasteiger partial charge in [0.05, 0.1) is 10.5 Å². The molecule has 0 spiro atoms. The van der Waals surface area contributed by atoms with Gasteiger partial charge in [0, 0.05) is 17.2 Å². The minimum Gasteiger partial charge on any atom is -0.454 e. The van der Waals surface area contributed by atoms with Crippen molar-refractivity contribution in [3.63, 3.8) is 0 Å². The van der Waals surface area contributed by atoms with Crippen molar-refractivity contribution in [1.29, 1.82) is 0 Å². The van der Waals surface area contributed by atoms with E-state index in [4.69, 9.17) is 14.2 Å². The van der Waals surface area contributed by atoms with Gasteiger partial charge in [-0.05, 0) is 25.1 Å². The highest BCUT2D eigenvalue weighted by molar-refractivity contribution is 6.00. The number of aryl methyl sites for hydroxylation is 1. The second kappa shape index (κ2) is 6.60. The van der Waals surface area contributed by atoms with E-state index in [-0.39, 0.29) is 23.6 Å². The minimum absolute atomic E-state index is 0.0819. The maximum Gasteiger partial charge on any atom is 0.338 e. The van der Waals surface area contributed by atoms with E-state index < -0.39 is 23.3 Å². The fourth-order valence-corrected chi connectivity index (χ4v) is 2.30. The molecule has 0 fully saturated rings. The molecule has 0 radical (unpaired) electrons. The lowest BCUT2D eigenvalue weighted by atomic mass is 10.1. The molecular formula is C17H13NO7. The summed E-state index contributed by atoms with van der Waals surface area (Å²) >= 11 is 0. The summed E-state index contributed by atoms with van der Waals surface area (Å²) < 4.78 is 15.3. The van der Waals surface area contributed by atoms with Crippen LogP contribution in [0.1, 0.15) is 26.3 Å². The molecule has 0 N–H and O–H groups in total. The lowest BCUT2D eigenvalue weighted by Crippen LogP contribution is -2.14. The number of rotatable bonds is 5. The number of fused-ring (bicyclic) bond motifs is 1. The first-order valence-electron chi connectivity index (χ1n) is 7.31. The number of hydrogen-bond donors (Lipinski definition) is 0. The summed E-state index contributed by atoms with van der Waals surface area (Å²) in [5.41, 5.74) is 0.606. The maximum absolute atomic E-state index is 12.1. The molecule has 3 rings (SSSR count). The summed E-state index contributed by atoms with van der Waals surface area (Å²) in [6.07, 6.45) is 0. The van der Waals surface area contributed by atoms with Crippen LogP contribution in [-0.2, 0) is 4.74 Å². The van der Waals surface area contributed by atoms with Gasteiger partial charge < -0.3 is 14.2 Å². The molecule has 0 saturated heterocycles. The van der Waals surface area contributed by atoms with Crippen molar-refractivity contribution < 1.29 is 28.7 Å². The number of ether oxygens (including phenoxy) is 3. The fourth-order valence-electron chi connectivity index (χ4n) is 2.30. The molecule has 1 heterocycles. The zero-order chi connectivity index (χ0) is 18.0. The van der Waals surface area contributed by atoms with E-state index >= 15 is 0 Å². The molecular weight excluding hydrogens is 330 g/mol. The molecule has 0 amide bonds. The zero-order valence-corrected chi connectivity index (χ0v) is 13.2. The average molecular weight is 343 g/mol. The summed E-state index contributed by atoms with van der Waals surface area (Å²) in [7, 11) is 0. The van der Waals surface area contributed by atoms with Gasteiger partial charge in [0.2, 0.25) is 12.6 Å². The topological polar surface area (TPSA) is 105 Å². The molecule has 128 valence electrons. The highest BCUT2D eigenvalue weighted by atomic mass is 16.7. The van der Waals surface area contributed by atoms with Gasteiger partial charge in [-0.2, -0.15) is 0 Å². The number of nitrogens with zero attached hydrogens (tertiary/aromatic N) is 1. The molecule has 0 unspecified atom stereocenters. The van der Waals surface area contributed by atoms with Gasteiger partial charge in [-0.1, -0.05) is 12.1 Å². The molecule has 0 bridgehead atoms. The molecule has 25 heavy (non-hydrogen) atoms. The van der Waals surface area contributed by atoms with E-state index in [1.165, 1.54) is 30.3 Å². The summed E-state index contributed by atoms with van der Waals surface area (Å²) in [6.45, 7) is 1.14. The van der Waals surface area contributed by atoms with Gasteiger partial charge in [-0.3, -0.25) is 14.9 Å². The number of Topliss-reactive ketones (excluding diaryl/α,β-unsaturated/α-hetero) is 1. The summed E-state index contributed by atoms with van der Waals surface area (Å²) in [4.78, 5) is 34.5. The molecule has 0 aromatic heterocycles. The Bertz CT molecular complexity index is 875. The molecule has 0 saturated carbocycles. The van der Waals surface area contributed by atoms with Crippen molar-refractivity contribution in [1.82, 2.24) is 0 Å². The Hall–Kier alpha value is -3.42. The van der Waals surface area contributed by atoms with Crippen molar-refractivity contribution in [2.45, 2.75) is 6.92 Å². The minimum atomic E-state index is -0.701. The third-order valence-corrected chi connectivity index (χ3v) is 3.67. The van der Waals surface area contributed by atoms with Crippen molar-refractivity contribution in [2.75, 3.05) is 13.4 Å². The highest BCUT2D eigenvalue weighted by Crippen LogP contribution is 2.32. The SMILES string of the molecule is Cc1ccc(C(=O)COC(=O)c2ccc3c(c2)OCO3)cc1[N+](=O)[O-]. The van der Waals surface area contributed by atoms with Crippen LogP contribution in [0.2, 0.25) is 0 Å². The predicted octanol–water partition coefficient (Wildman–Crippen LogP) is 2.67. The number of carbonyl (C=O) groups is 2. The number of benzene rings is 2. The molecule has 1 aliphatic rings. The first-order chi connectivity index (χ1) is 12.0. The summed E-state index contributed by atoms with van der Waals surface area (Å²) in [5.74, 6) is -0.278. The summed E-state index contributed by atoms with van der Waals surface area (Å²) in [5, 5.41) is 10.9. The van der Waals surface area contributed by atoms with Gasteiger partial charge in [0.25, 0.3) is 5.69 Å². The summed E-state index contributed by atoms with van der Waals surface area (Å²) in [6, 6.07) is 8.64. The van der Waals surface area contributed by atoms with Crippen molar-refractivity contribution in [3.05, 3.63) is 63.2 Å². The van der Waals surface area contributed by atoms with Gasteiger partial charge in [0.1, 0.15) is 0 Å². The molecule has 2 aromatic carbocycles. The van der Waals surface area contributed by atoms with Gasteiger partial charge in [-0.15, -0.1) is 0 Å². The quantitative estimate of drug-likeness (QED) is 0.356. The van der Waals surface area contributed by atoms with Crippen LogP contribution in [0.25, 0.3) is 0 Å². The van der Waals surface area contributed by atoms with E-state index in [9.17, 15) is 19.7 Å². The van der Waals surface area contributed by atoms with E-state index in [2.05, 4.69) is 0 Å². The number of nitro benzene ring substituents is 1. The molecule has 8 nitrogen and oxygen atoms in total. The van der Waals surface area contributed by atoms with E-state index in [0.717, 1.165) is 0 Å². The van der Waals surface area contributed by atoms with Crippen molar-refractivity contribution in [2.24, 2.45) is 0 Å². The van der Waals surface area contributed by atoms with Gasteiger partial charge in [0.15, 0.2) is 18.1 Å². The Kier molecular flexibility index (Phi) is 4.34. The Balaban J connectivity index is 1.67. The van der Waals surface area contributed by atoms with E-state index in [1.54, 1.807) is 13.0 Å². The van der Waals surface area contributed by atoms with Crippen LogP contribution < -0.4 is 9.47 Å². The highest BCUT2D eigenvalue weighted by Gasteiger charge is 2.19. The number of ketones is 1. The first-order valence-corrected chi connectivity index (χ1v) is 7.31. The van der Waals surface area contributed by atoms with Crippen LogP contribution in [0.4, 0.5) is 5.69 Å².